The molecule has 0 spiro atoms. The molecule has 21 heavy (non-hydrogen) atoms. The summed E-state index contributed by atoms with van der Waals surface area (Å²) in [5.41, 5.74) is 0.359. The van der Waals surface area contributed by atoms with Crippen molar-refractivity contribution < 1.29 is 9.90 Å². The number of aliphatic carboxylic acids is 1. The minimum Gasteiger partial charge on any atom is -0.479 e. The van der Waals surface area contributed by atoms with E-state index in [4.69, 9.17) is 0 Å². The maximum absolute atomic E-state index is 11.6. The summed E-state index contributed by atoms with van der Waals surface area (Å²) in [6, 6.07) is 10.3. The number of carboxylic acids is 1. The van der Waals surface area contributed by atoms with Crippen LogP contribution in [0.2, 0.25) is 0 Å². The summed E-state index contributed by atoms with van der Waals surface area (Å²) in [5.74, 6) is 0.547. The first-order valence-corrected chi connectivity index (χ1v) is 7.29. The van der Waals surface area contributed by atoms with Gasteiger partial charge in [-0.2, -0.15) is 0 Å². The van der Waals surface area contributed by atoms with E-state index < -0.39 is 11.5 Å². The van der Waals surface area contributed by atoms with E-state index in [0.717, 1.165) is 18.7 Å². The average molecular weight is 284 g/mol. The molecular weight excluding hydrogens is 268 g/mol. The normalized spacial score (nSPS) is 26.1. The molecule has 2 atom stereocenters. The highest BCUT2D eigenvalue weighted by atomic mass is 16.4. The zero-order valence-corrected chi connectivity index (χ0v) is 11.5. The highest BCUT2D eigenvalue weighted by molar-refractivity contribution is 5.77. The van der Waals surface area contributed by atoms with E-state index in [0.29, 0.717) is 18.8 Å². The summed E-state index contributed by atoms with van der Waals surface area (Å²) in [6.45, 7) is 0. The Morgan fingerprint density at radius 1 is 1.24 bits per heavy atom. The van der Waals surface area contributed by atoms with Crippen molar-refractivity contribution in [2.45, 2.75) is 43.1 Å². The average Bonchev–Trinajstić information content (AvgIpc) is 3.10. The molecule has 108 valence electrons. The van der Waals surface area contributed by atoms with Crippen LogP contribution in [0.5, 0.6) is 0 Å². The maximum Gasteiger partial charge on any atom is 0.331 e. The van der Waals surface area contributed by atoms with Crippen LogP contribution in [0.25, 0.3) is 0 Å². The van der Waals surface area contributed by atoms with Gasteiger partial charge in [-0.25, -0.2) is 9.48 Å². The Morgan fingerprint density at radius 2 is 2.00 bits per heavy atom. The lowest BCUT2D eigenvalue weighted by Crippen LogP contribution is -2.49. The van der Waals surface area contributed by atoms with Crippen LogP contribution in [0.15, 0.2) is 30.3 Å². The van der Waals surface area contributed by atoms with E-state index >= 15 is 0 Å². The molecule has 2 aliphatic carbocycles. The predicted molar refractivity (Wildman–Crippen MR) is 73.8 cm³/mol. The number of nitrogens with zero attached hydrogens (tertiary/aromatic N) is 4. The molecule has 6 heteroatoms. The third-order valence-electron chi connectivity index (χ3n) is 4.83. The molecule has 0 bridgehead atoms. The summed E-state index contributed by atoms with van der Waals surface area (Å²) in [4.78, 5) is 11.6. The summed E-state index contributed by atoms with van der Waals surface area (Å²) >= 11 is 0. The van der Waals surface area contributed by atoms with E-state index in [2.05, 4.69) is 27.7 Å². The fourth-order valence-electron chi connectivity index (χ4n) is 3.31. The fourth-order valence-corrected chi connectivity index (χ4v) is 3.31. The van der Waals surface area contributed by atoms with Crippen LogP contribution >= 0.6 is 0 Å². The minimum atomic E-state index is -0.914. The Balaban J connectivity index is 1.64. The molecule has 0 radical (unpaired) electrons. The second kappa shape index (κ2) is 4.38. The van der Waals surface area contributed by atoms with Crippen LogP contribution in [0, 0.1) is 0 Å². The van der Waals surface area contributed by atoms with Crippen molar-refractivity contribution >= 4 is 5.97 Å². The Morgan fingerprint density at radius 3 is 2.62 bits per heavy atom. The number of hydrogen-bond donors (Lipinski definition) is 1. The largest absolute Gasteiger partial charge is 0.479 e. The van der Waals surface area contributed by atoms with Crippen LogP contribution < -0.4 is 0 Å². The third-order valence-corrected chi connectivity index (χ3v) is 4.83. The molecule has 1 N–H and O–H groups in total. The SMILES string of the molecule is O=C(O)C1(n2nnnc2C2CC2c2ccccc2)CCC1. The number of carbonyl (C=O) groups is 1. The molecule has 1 aromatic carbocycles. The zero-order valence-electron chi connectivity index (χ0n) is 11.5. The Labute approximate surface area is 121 Å². The Bertz CT molecular complexity index is 678. The molecular formula is C15H16N4O2. The molecule has 1 aromatic heterocycles. The fraction of sp³-hybridized carbons (Fsp3) is 0.467. The number of benzene rings is 1. The van der Waals surface area contributed by atoms with Crippen molar-refractivity contribution in [3.8, 4) is 0 Å². The van der Waals surface area contributed by atoms with Gasteiger partial charge < -0.3 is 5.11 Å². The van der Waals surface area contributed by atoms with Gasteiger partial charge in [-0.1, -0.05) is 30.3 Å². The monoisotopic (exact) mass is 284 g/mol. The number of tetrazole rings is 1. The third kappa shape index (κ3) is 1.78. The molecule has 6 nitrogen and oxygen atoms in total. The van der Waals surface area contributed by atoms with Crippen LogP contribution in [0.1, 0.15) is 48.9 Å². The summed E-state index contributed by atoms with van der Waals surface area (Å²) < 4.78 is 1.58. The smallest absolute Gasteiger partial charge is 0.331 e. The predicted octanol–water partition coefficient (Wildman–Crippen LogP) is 1.91. The first-order chi connectivity index (χ1) is 10.2. The Hall–Kier alpha value is -2.24. The minimum absolute atomic E-state index is 0.235. The van der Waals surface area contributed by atoms with Gasteiger partial charge in [-0.05, 0) is 47.6 Å². The molecule has 2 unspecified atom stereocenters. The lowest BCUT2D eigenvalue weighted by atomic mass is 9.76. The first kappa shape index (κ1) is 12.5. The van der Waals surface area contributed by atoms with Crippen molar-refractivity contribution in [1.82, 2.24) is 20.2 Å². The van der Waals surface area contributed by atoms with Crippen molar-refractivity contribution in [2.24, 2.45) is 0 Å². The van der Waals surface area contributed by atoms with E-state index in [1.165, 1.54) is 5.56 Å². The number of rotatable bonds is 4. The molecule has 2 saturated carbocycles. The van der Waals surface area contributed by atoms with E-state index in [-0.39, 0.29) is 5.92 Å². The van der Waals surface area contributed by atoms with Crippen LogP contribution in [-0.2, 0) is 10.3 Å². The lowest BCUT2D eigenvalue weighted by Gasteiger charge is -2.37. The van der Waals surface area contributed by atoms with Gasteiger partial charge in [0.05, 0.1) is 0 Å². The molecule has 0 amide bonds. The molecule has 2 fully saturated rings. The van der Waals surface area contributed by atoms with E-state index in [1.54, 1.807) is 4.68 Å². The summed E-state index contributed by atoms with van der Waals surface area (Å²) in [7, 11) is 0. The number of carboxylic acid groups (broad SMARTS) is 1. The maximum atomic E-state index is 11.6. The van der Waals surface area contributed by atoms with Crippen molar-refractivity contribution in [1.29, 1.82) is 0 Å². The van der Waals surface area contributed by atoms with Crippen LogP contribution in [-0.4, -0.2) is 31.3 Å². The van der Waals surface area contributed by atoms with Crippen molar-refractivity contribution in [3.63, 3.8) is 0 Å². The molecule has 0 saturated heterocycles. The first-order valence-electron chi connectivity index (χ1n) is 7.29. The second-order valence-corrected chi connectivity index (χ2v) is 6.00. The van der Waals surface area contributed by atoms with Gasteiger partial charge in [0.1, 0.15) is 0 Å². The summed E-state index contributed by atoms with van der Waals surface area (Å²) in [5, 5.41) is 21.4. The lowest BCUT2D eigenvalue weighted by molar-refractivity contribution is -0.153. The summed E-state index contributed by atoms with van der Waals surface area (Å²) in [6.07, 6.45) is 3.13. The number of hydrogen-bond acceptors (Lipinski definition) is 4. The zero-order chi connectivity index (χ0) is 14.4. The quantitative estimate of drug-likeness (QED) is 0.927. The van der Waals surface area contributed by atoms with Crippen molar-refractivity contribution in [2.75, 3.05) is 0 Å². The van der Waals surface area contributed by atoms with Crippen LogP contribution in [0.3, 0.4) is 0 Å². The van der Waals surface area contributed by atoms with Crippen molar-refractivity contribution in [3.05, 3.63) is 41.7 Å². The van der Waals surface area contributed by atoms with Gasteiger partial charge in [-0.3, -0.25) is 0 Å². The van der Waals surface area contributed by atoms with Crippen LogP contribution in [0.4, 0.5) is 0 Å². The molecule has 2 aromatic rings. The second-order valence-electron chi connectivity index (χ2n) is 6.00. The highest BCUT2D eigenvalue weighted by Crippen LogP contribution is 2.55. The van der Waals surface area contributed by atoms with Gasteiger partial charge in [0.15, 0.2) is 11.4 Å². The number of aromatic nitrogens is 4. The molecule has 2 aliphatic rings. The van der Waals surface area contributed by atoms with Gasteiger partial charge in [0.2, 0.25) is 0 Å². The van der Waals surface area contributed by atoms with Gasteiger partial charge in [0, 0.05) is 5.92 Å². The van der Waals surface area contributed by atoms with E-state index in [1.807, 2.05) is 18.2 Å². The molecule has 0 aliphatic heterocycles. The van der Waals surface area contributed by atoms with E-state index in [9.17, 15) is 9.90 Å². The van der Waals surface area contributed by atoms with Gasteiger partial charge >= 0.3 is 5.97 Å². The van der Waals surface area contributed by atoms with Gasteiger partial charge in [-0.15, -0.1) is 5.10 Å². The standard InChI is InChI=1S/C15H16N4O2/c20-14(21)15(7-4-8-15)19-13(16-17-18-19)12-9-11(12)10-5-2-1-3-6-10/h1-3,5-6,11-12H,4,7-9H2,(H,20,21). The van der Waals surface area contributed by atoms with Gasteiger partial charge in [0.25, 0.3) is 0 Å². The highest BCUT2D eigenvalue weighted by Gasteiger charge is 2.52. The Kier molecular flexibility index (Phi) is 2.60. The molecule has 1 heterocycles. The molecule has 4 rings (SSSR count). The topological polar surface area (TPSA) is 80.9 Å².